The van der Waals surface area contributed by atoms with Gasteiger partial charge in [-0.25, -0.2) is 8.42 Å². The van der Waals surface area contributed by atoms with Crippen molar-refractivity contribution in [2.45, 2.75) is 26.3 Å². The number of nitrogens with zero attached hydrogens (tertiary/aromatic N) is 2. The minimum absolute atomic E-state index is 0.110. The number of nitrogens with one attached hydrogen (secondary N) is 1. The molecule has 1 aromatic heterocycles. The van der Waals surface area contributed by atoms with Crippen molar-refractivity contribution in [3.8, 4) is 0 Å². The van der Waals surface area contributed by atoms with E-state index >= 15 is 0 Å². The van der Waals surface area contributed by atoms with Gasteiger partial charge in [-0.1, -0.05) is 0 Å². The molecule has 2 heterocycles. The summed E-state index contributed by atoms with van der Waals surface area (Å²) >= 11 is 0. The van der Waals surface area contributed by atoms with Gasteiger partial charge in [-0.05, 0) is 20.3 Å². The molecule has 1 aromatic rings. The van der Waals surface area contributed by atoms with Gasteiger partial charge in [0.15, 0.2) is 9.84 Å². The van der Waals surface area contributed by atoms with Gasteiger partial charge in [-0.15, -0.1) is 0 Å². The van der Waals surface area contributed by atoms with Gasteiger partial charge in [0.25, 0.3) is 0 Å². The maximum Gasteiger partial charge on any atom is 0.211 e. The molecule has 7 heteroatoms. The Hall–Kier alpha value is -1.37. The normalized spacial score (nSPS) is 22.6. The van der Waals surface area contributed by atoms with Crippen LogP contribution >= 0.6 is 0 Å². The van der Waals surface area contributed by atoms with Gasteiger partial charge in [-0.3, -0.25) is 9.48 Å². The molecule has 1 aliphatic heterocycles. The number of rotatable bonds is 3. The summed E-state index contributed by atoms with van der Waals surface area (Å²) in [4.78, 5) is 10.5. The van der Waals surface area contributed by atoms with E-state index in [9.17, 15) is 13.2 Å². The third-order valence-corrected chi connectivity index (χ3v) is 4.83. The number of carbonyl (C=O) groups is 1. The molecule has 1 aliphatic rings. The van der Waals surface area contributed by atoms with Crippen molar-refractivity contribution in [2.75, 3.05) is 16.8 Å². The van der Waals surface area contributed by atoms with Crippen molar-refractivity contribution in [1.82, 2.24) is 9.78 Å². The van der Waals surface area contributed by atoms with Crippen molar-refractivity contribution in [3.05, 3.63) is 11.4 Å². The van der Waals surface area contributed by atoms with Gasteiger partial charge in [0, 0.05) is 0 Å². The van der Waals surface area contributed by atoms with Gasteiger partial charge in [0.1, 0.15) is 0 Å². The van der Waals surface area contributed by atoms with E-state index in [0.29, 0.717) is 24.2 Å². The highest BCUT2D eigenvalue weighted by atomic mass is 32.2. The summed E-state index contributed by atoms with van der Waals surface area (Å²) in [6.45, 7) is 3.62. The molecule has 1 N–H and O–H groups in total. The third kappa shape index (κ3) is 2.19. The Bertz CT molecular complexity index is 547. The maximum absolute atomic E-state index is 11.4. The summed E-state index contributed by atoms with van der Waals surface area (Å²) in [7, 11) is -2.93. The molecule has 94 valence electrons. The first-order valence-corrected chi connectivity index (χ1v) is 7.23. The SMILES string of the molecule is Cc1nn([C@H]2CCS(=O)(=O)C2)c(C)c1NC=O. The number of sulfone groups is 1. The predicted octanol–water partition coefficient (Wildman–Crippen LogP) is 0.428. The second kappa shape index (κ2) is 4.14. The molecule has 0 spiro atoms. The molecule has 17 heavy (non-hydrogen) atoms. The van der Waals surface area contributed by atoms with E-state index in [1.807, 2.05) is 6.92 Å². The Morgan fingerprint density at radius 2 is 2.18 bits per heavy atom. The van der Waals surface area contributed by atoms with Gasteiger partial charge < -0.3 is 5.32 Å². The van der Waals surface area contributed by atoms with E-state index in [-0.39, 0.29) is 17.5 Å². The lowest BCUT2D eigenvalue weighted by Crippen LogP contribution is -2.14. The lowest BCUT2D eigenvalue weighted by Gasteiger charge is -2.11. The minimum Gasteiger partial charge on any atom is -0.326 e. The number of amides is 1. The van der Waals surface area contributed by atoms with Crippen LogP contribution in [0.5, 0.6) is 0 Å². The summed E-state index contributed by atoms with van der Waals surface area (Å²) in [5.74, 6) is 0.349. The molecule has 1 amide bonds. The number of aryl methyl sites for hydroxylation is 1. The predicted molar refractivity (Wildman–Crippen MR) is 63.7 cm³/mol. The second-order valence-electron chi connectivity index (χ2n) is 4.31. The Kier molecular flexibility index (Phi) is 2.94. The average Bonchev–Trinajstić information content (AvgIpc) is 2.73. The number of aromatic nitrogens is 2. The van der Waals surface area contributed by atoms with Crippen LogP contribution in [0.4, 0.5) is 5.69 Å². The standard InChI is InChI=1S/C10H15N3O3S/c1-7-10(11-6-14)8(2)13(12-7)9-3-4-17(15,16)5-9/h6,9H,3-5H2,1-2H3,(H,11,14)/t9-/m0/s1. The minimum atomic E-state index is -2.93. The molecule has 0 radical (unpaired) electrons. The van der Waals surface area contributed by atoms with Crippen LogP contribution in [0.1, 0.15) is 23.9 Å². The van der Waals surface area contributed by atoms with Crippen LogP contribution in [0.15, 0.2) is 0 Å². The van der Waals surface area contributed by atoms with Crippen LogP contribution in [0, 0.1) is 13.8 Å². The van der Waals surface area contributed by atoms with E-state index < -0.39 is 9.84 Å². The number of hydrogen-bond acceptors (Lipinski definition) is 4. The smallest absolute Gasteiger partial charge is 0.211 e. The first-order chi connectivity index (χ1) is 7.94. The van der Waals surface area contributed by atoms with Crippen LogP contribution in [-0.4, -0.2) is 36.1 Å². The molecule has 0 bridgehead atoms. The molecule has 0 unspecified atom stereocenters. The summed E-state index contributed by atoms with van der Waals surface area (Å²) in [6, 6.07) is -0.110. The van der Waals surface area contributed by atoms with Gasteiger partial charge in [0.2, 0.25) is 6.41 Å². The van der Waals surface area contributed by atoms with Crippen LogP contribution in [0.25, 0.3) is 0 Å². The van der Waals surface area contributed by atoms with E-state index in [2.05, 4.69) is 10.4 Å². The van der Waals surface area contributed by atoms with E-state index in [0.717, 1.165) is 5.69 Å². The monoisotopic (exact) mass is 257 g/mol. The Morgan fingerprint density at radius 3 is 2.71 bits per heavy atom. The number of carbonyl (C=O) groups excluding carboxylic acids is 1. The Labute approximate surface area is 99.9 Å². The van der Waals surface area contributed by atoms with Gasteiger partial charge >= 0.3 is 0 Å². The molecule has 0 aromatic carbocycles. The highest BCUT2D eigenvalue weighted by molar-refractivity contribution is 7.91. The van der Waals surface area contributed by atoms with E-state index in [4.69, 9.17) is 0 Å². The fourth-order valence-electron chi connectivity index (χ4n) is 2.25. The van der Waals surface area contributed by atoms with E-state index in [1.54, 1.807) is 11.6 Å². The average molecular weight is 257 g/mol. The molecule has 1 saturated heterocycles. The summed E-state index contributed by atoms with van der Waals surface area (Å²) in [5, 5.41) is 6.90. The summed E-state index contributed by atoms with van der Waals surface area (Å²) < 4.78 is 24.6. The zero-order valence-electron chi connectivity index (χ0n) is 9.80. The van der Waals surface area contributed by atoms with Crippen LogP contribution in [0.3, 0.4) is 0 Å². The molecule has 1 fully saturated rings. The largest absolute Gasteiger partial charge is 0.326 e. The number of hydrogen-bond donors (Lipinski definition) is 1. The van der Waals surface area contributed by atoms with E-state index in [1.165, 1.54) is 0 Å². The Morgan fingerprint density at radius 1 is 1.47 bits per heavy atom. The van der Waals surface area contributed by atoms with Crippen molar-refractivity contribution in [3.63, 3.8) is 0 Å². The molecule has 6 nitrogen and oxygen atoms in total. The number of anilines is 1. The summed E-state index contributed by atoms with van der Waals surface area (Å²) in [5.41, 5.74) is 2.18. The second-order valence-corrected chi connectivity index (χ2v) is 6.54. The lowest BCUT2D eigenvalue weighted by atomic mass is 10.2. The zero-order chi connectivity index (χ0) is 12.6. The molecule has 0 saturated carbocycles. The fourth-order valence-corrected chi connectivity index (χ4v) is 3.95. The van der Waals surface area contributed by atoms with Crippen molar-refractivity contribution in [1.29, 1.82) is 0 Å². The molecule has 1 atom stereocenters. The van der Waals surface area contributed by atoms with Crippen LogP contribution in [0.2, 0.25) is 0 Å². The van der Waals surface area contributed by atoms with Crippen molar-refractivity contribution >= 4 is 21.9 Å². The third-order valence-electron chi connectivity index (χ3n) is 3.08. The highest BCUT2D eigenvalue weighted by Crippen LogP contribution is 2.28. The molecular weight excluding hydrogens is 242 g/mol. The highest BCUT2D eigenvalue weighted by Gasteiger charge is 2.31. The van der Waals surface area contributed by atoms with Gasteiger partial charge in [0.05, 0.1) is 34.6 Å². The Balaban J connectivity index is 2.34. The van der Waals surface area contributed by atoms with Crippen LogP contribution < -0.4 is 5.32 Å². The van der Waals surface area contributed by atoms with Crippen LogP contribution in [-0.2, 0) is 14.6 Å². The zero-order valence-corrected chi connectivity index (χ0v) is 10.6. The summed E-state index contributed by atoms with van der Waals surface area (Å²) in [6.07, 6.45) is 1.19. The van der Waals surface area contributed by atoms with Crippen molar-refractivity contribution in [2.24, 2.45) is 0 Å². The first kappa shape index (κ1) is 12.1. The first-order valence-electron chi connectivity index (χ1n) is 5.41. The fraction of sp³-hybridized carbons (Fsp3) is 0.600. The molecule has 0 aliphatic carbocycles. The molecule has 2 rings (SSSR count). The lowest BCUT2D eigenvalue weighted by molar-refractivity contribution is -0.105. The van der Waals surface area contributed by atoms with Crippen molar-refractivity contribution < 1.29 is 13.2 Å². The topological polar surface area (TPSA) is 81.1 Å². The van der Waals surface area contributed by atoms with Gasteiger partial charge in [-0.2, -0.15) is 5.10 Å². The molecular formula is C10H15N3O3S. The quantitative estimate of drug-likeness (QED) is 0.796. The maximum atomic E-state index is 11.4.